The topological polar surface area (TPSA) is 18.5 Å². The van der Waals surface area contributed by atoms with Gasteiger partial charge in [-0.15, -0.1) is 11.8 Å². The van der Waals surface area contributed by atoms with E-state index in [4.69, 9.17) is 9.47 Å². The van der Waals surface area contributed by atoms with Crippen LogP contribution in [0.5, 0.6) is 11.5 Å². The van der Waals surface area contributed by atoms with Crippen LogP contribution in [0.3, 0.4) is 0 Å². The maximum Gasteiger partial charge on any atom is 0.119 e. The molecule has 25 heavy (non-hydrogen) atoms. The Kier molecular flexibility index (Phi) is 8.26. The Labute approximate surface area is 163 Å². The van der Waals surface area contributed by atoms with E-state index in [2.05, 4.69) is 0 Å². The summed E-state index contributed by atoms with van der Waals surface area (Å²) in [6, 6.07) is 20.2. The van der Waals surface area contributed by atoms with E-state index in [1.807, 2.05) is 95.9 Å². The third-order valence-electron chi connectivity index (χ3n) is 3.72. The quantitative estimate of drug-likeness (QED) is 0.679. The lowest BCUT2D eigenvalue weighted by Gasteiger charge is -2.22. The Balaban J connectivity index is 1.53. The first-order valence-corrected chi connectivity index (χ1v) is 11.8. The van der Waals surface area contributed by atoms with Gasteiger partial charge in [-0.3, -0.25) is 0 Å². The van der Waals surface area contributed by atoms with Gasteiger partial charge in [0.2, 0.25) is 0 Å². The van der Waals surface area contributed by atoms with Crippen molar-refractivity contribution in [1.29, 1.82) is 0 Å². The van der Waals surface area contributed by atoms with Gasteiger partial charge in [0, 0.05) is 33.5 Å². The van der Waals surface area contributed by atoms with Gasteiger partial charge in [0.15, 0.2) is 0 Å². The number of benzene rings is 2. The van der Waals surface area contributed by atoms with Crippen molar-refractivity contribution in [3.05, 3.63) is 60.7 Å². The highest BCUT2D eigenvalue weighted by atomic mass is 32.2. The Morgan fingerprint density at radius 1 is 0.680 bits per heavy atom. The molecule has 134 valence electrons. The lowest BCUT2D eigenvalue weighted by atomic mass is 10.3. The first-order valence-electron chi connectivity index (χ1n) is 8.57. The molecule has 5 heteroatoms. The van der Waals surface area contributed by atoms with Crippen molar-refractivity contribution < 1.29 is 9.47 Å². The molecule has 1 aliphatic heterocycles. The second-order valence-electron chi connectivity index (χ2n) is 5.78. The lowest BCUT2D eigenvalue weighted by Crippen LogP contribution is -2.25. The fourth-order valence-electron chi connectivity index (χ4n) is 2.48. The molecule has 0 bridgehead atoms. The Bertz CT molecular complexity index is 541. The van der Waals surface area contributed by atoms with E-state index in [1.165, 1.54) is 11.5 Å². The van der Waals surface area contributed by atoms with Gasteiger partial charge in [0.25, 0.3) is 0 Å². The molecular formula is C20H24O2S3. The zero-order valence-corrected chi connectivity index (χ0v) is 16.7. The van der Waals surface area contributed by atoms with E-state index in [9.17, 15) is 0 Å². The van der Waals surface area contributed by atoms with E-state index in [0.717, 1.165) is 36.2 Å². The molecule has 0 radical (unpaired) electrons. The summed E-state index contributed by atoms with van der Waals surface area (Å²) in [5.41, 5.74) is 0. The molecule has 1 heterocycles. The number of thioether (sulfide) groups is 3. The van der Waals surface area contributed by atoms with E-state index in [-0.39, 0.29) is 0 Å². The molecule has 0 spiro atoms. The molecular weight excluding hydrogens is 368 g/mol. The van der Waals surface area contributed by atoms with Crippen LogP contribution in [0, 0.1) is 0 Å². The maximum absolute atomic E-state index is 6.01. The summed E-state index contributed by atoms with van der Waals surface area (Å²) in [5, 5.41) is 0.988. The number of hydrogen-bond acceptors (Lipinski definition) is 5. The highest BCUT2D eigenvalue weighted by molar-refractivity contribution is 8.07. The zero-order valence-electron chi connectivity index (χ0n) is 14.2. The van der Waals surface area contributed by atoms with Gasteiger partial charge >= 0.3 is 0 Å². The summed E-state index contributed by atoms with van der Waals surface area (Å²) in [6.07, 6.45) is 0. The molecule has 1 saturated heterocycles. The highest BCUT2D eigenvalue weighted by Crippen LogP contribution is 2.28. The third-order valence-corrected chi connectivity index (χ3v) is 8.04. The summed E-state index contributed by atoms with van der Waals surface area (Å²) >= 11 is 6.11. The van der Waals surface area contributed by atoms with Crippen LogP contribution in [0.4, 0.5) is 0 Å². The predicted molar refractivity (Wildman–Crippen MR) is 114 cm³/mol. The Hall–Kier alpha value is -0.910. The number of para-hydroxylation sites is 2. The van der Waals surface area contributed by atoms with Crippen molar-refractivity contribution in [2.45, 2.75) is 10.5 Å². The monoisotopic (exact) mass is 392 g/mol. The number of ether oxygens (including phenoxy) is 2. The van der Waals surface area contributed by atoms with Crippen molar-refractivity contribution in [2.24, 2.45) is 0 Å². The highest BCUT2D eigenvalue weighted by Gasteiger charge is 2.21. The third kappa shape index (κ3) is 7.08. The van der Waals surface area contributed by atoms with Crippen molar-refractivity contribution in [3.63, 3.8) is 0 Å². The standard InChI is InChI=1S/C20H24O2S3/c1-3-7-17(8-4-1)21-13-19-15-23-11-12-24-16-20(25-19)14-22-18-9-5-2-6-10-18/h1-10,19-20H,11-16H2. The van der Waals surface area contributed by atoms with Crippen LogP contribution in [-0.4, -0.2) is 46.7 Å². The molecule has 0 aromatic heterocycles. The minimum Gasteiger partial charge on any atom is -0.492 e. The SMILES string of the molecule is c1ccc(OCC2CSCCSCC(COc3ccccc3)S2)cc1. The second kappa shape index (κ2) is 10.9. The average Bonchev–Trinajstić information content (AvgIpc) is 2.78. The molecule has 1 aliphatic rings. The molecule has 0 amide bonds. The normalized spacial score (nSPS) is 21.6. The molecule has 2 unspecified atom stereocenters. The van der Waals surface area contributed by atoms with Gasteiger partial charge < -0.3 is 9.47 Å². The summed E-state index contributed by atoms with van der Waals surface area (Å²) in [7, 11) is 0. The summed E-state index contributed by atoms with van der Waals surface area (Å²) in [6.45, 7) is 1.52. The van der Waals surface area contributed by atoms with Crippen molar-refractivity contribution >= 4 is 35.3 Å². The van der Waals surface area contributed by atoms with E-state index < -0.39 is 0 Å². The summed E-state index contributed by atoms with van der Waals surface area (Å²) < 4.78 is 12.0. The molecule has 0 N–H and O–H groups in total. The molecule has 2 aromatic rings. The average molecular weight is 393 g/mol. The summed E-state index contributed by atoms with van der Waals surface area (Å²) in [4.78, 5) is 0. The van der Waals surface area contributed by atoms with Crippen molar-refractivity contribution in [1.82, 2.24) is 0 Å². The largest absolute Gasteiger partial charge is 0.492 e. The zero-order chi connectivity index (χ0) is 17.2. The minimum absolute atomic E-state index is 0.494. The van der Waals surface area contributed by atoms with Gasteiger partial charge in [-0.1, -0.05) is 36.4 Å². The molecule has 2 nitrogen and oxygen atoms in total. The van der Waals surface area contributed by atoms with E-state index in [1.54, 1.807) is 0 Å². The minimum atomic E-state index is 0.494. The van der Waals surface area contributed by atoms with Crippen molar-refractivity contribution in [3.8, 4) is 11.5 Å². The van der Waals surface area contributed by atoms with E-state index in [0.29, 0.717) is 10.5 Å². The van der Waals surface area contributed by atoms with Crippen LogP contribution in [-0.2, 0) is 0 Å². The van der Waals surface area contributed by atoms with Gasteiger partial charge in [-0.2, -0.15) is 23.5 Å². The molecule has 0 aliphatic carbocycles. The fraction of sp³-hybridized carbons (Fsp3) is 0.400. The Morgan fingerprint density at radius 3 is 1.56 bits per heavy atom. The molecule has 1 fully saturated rings. The van der Waals surface area contributed by atoms with Gasteiger partial charge in [0.05, 0.1) is 0 Å². The van der Waals surface area contributed by atoms with Crippen LogP contribution < -0.4 is 9.47 Å². The number of rotatable bonds is 6. The molecule has 0 saturated carbocycles. The van der Waals surface area contributed by atoms with Gasteiger partial charge in [-0.25, -0.2) is 0 Å². The van der Waals surface area contributed by atoms with E-state index >= 15 is 0 Å². The van der Waals surface area contributed by atoms with Gasteiger partial charge in [-0.05, 0) is 24.3 Å². The predicted octanol–water partition coefficient (Wildman–Crippen LogP) is 5.09. The Morgan fingerprint density at radius 2 is 1.12 bits per heavy atom. The smallest absolute Gasteiger partial charge is 0.119 e. The van der Waals surface area contributed by atoms with Crippen LogP contribution in [0.25, 0.3) is 0 Å². The van der Waals surface area contributed by atoms with Crippen LogP contribution in [0.2, 0.25) is 0 Å². The fourth-order valence-corrected chi connectivity index (χ4v) is 6.52. The molecule has 2 aromatic carbocycles. The first-order chi connectivity index (χ1) is 12.4. The molecule has 3 rings (SSSR count). The van der Waals surface area contributed by atoms with Gasteiger partial charge in [0.1, 0.15) is 24.7 Å². The van der Waals surface area contributed by atoms with Crippen LogP contribution in [0.15, 0.2) is 60.7 Å². The summed E-state index contributed by atoms with van der Waals surface area (Å²) in [5.74, 6) is 6.64. The number of hydrogen-bond donors (Lipinski definition) is 0. The lowest BCUT2D eigenvalue weighted by molar-refractivity contribution is 0.316. The first kappa shape index (κ1) is 18.9. The van der Waals surface area contributed by atoms with Crippen molar-refractivity contribution in [2.75, 3.05) is 36.2 Å². The van der Waals surface area contributed by atoms with Crippen LogP contribution >= 0.6 is 35.3 Å². The second-order valence-corrected chi connectivity index (χ2v) is 9.68. The maximum atomic E-state index is 6.01. The molecule has 2 atom stereocenters. The van der Waals surface area contributed by atoms with Crippen LogP contribution in [0.1, 0.15) is 0 Å².